The monoisotopic (exact) mass is 314 g/mol. The number of methoxy groups -OCH3 is 1. The van der Waals surface area contributed by atoms with Gasteiger partial charge in [-0.05, 0) is 44.5 Å². The number of ether oxygens (including phenoxy) is 1. The van der Waals surface area contributed by atoms with Crippen LogP contribution in [0.15, 0.2) is 29.2 Å². The number of hydrogen-bond donors (Lipinski definition) is 2. The Labute approximate surface area is 125 Å². The minimum atomic E-state index is -3.54. The second-order valence-corrected chi connectivity index (χ2v) is 6.66. The van der Waals surface area contributed by atoms with Crippen LogP contribution in [0.25, 0.3) is 0 Å². The molecule has 1 aromatic rings. The number of amides is 1. The van der Waals surface area contributed by atoms with Crippen molar-refractivity contribution in [3.05, 3.63) is 29.8 Å². The van der Waals surface area contributed by atoms with Crippen LogP contribution in [0.3, 0.4) is 0 Å². The highest BCUT2D eigenvalue weighted by Gasteiger charge is 2.14. The fourth-order valence-electron chi connectivity index (χ4n) is 1.64. The minimum absolute atomic E-state index is 0.0309. The topological polar surface area (TPSA) is 84.5 Å². The summed E-state index contributed by atoms with van der Waals surface area (Å²) < 4.78 is 31.3. The molecule has 1 aromatic carbocycles. The van der Waals surface area contributed by atoms with E-state index in [0.29, 0.717) is 25.1 Å². The van der Waals surface area contributed by atoms with Gasteiger partial charge >= 0.3 is 0 Å². The third-order valence-corrected chi connectivity index (χ3v) is 4.14. The molecule has 21 heavy (non-hydrogen) atoms. The zero-order chi connectivity index (χ0) is 15.9. The molecule has 0 bridgehead atoms. The lowest BCUT2D eigenvalue weighted by Crippen LogP contribution is -2.30. The van der Waals surface area contributed by atoms with Crippen molar-refractivity contribution in [2.24, 2.45) is 0 Å². The molecule has 1 rings (SSSR count). The van der Waals surface area contributed by atoms with Crippen molar-refractivity contribution in [3.63, 3.8) is 0 Å². The molecule has 0 radical (unpaired) electrons. The Kier molecular flexibility index (Phi) is 6.80. The Morgan fingerprint density at radius 3 is 2.38 bits per heavy atom. The minimum Gasteiger partial charge on any atom is -0.385 e. The molecule has 0 unspecified atom stereocenters. The quantitative estimate of drug-likeness (QED) is 0.705. The SMILES string of the molecule is COCCCNS(=O)(=O)c1ccc(C(=O)NC(C)C)cc1. The molecule has 0 spiro atoms. The number of sulfonamides is 1. The van der Waals surface area contributed by atoms with E-state index in [1.165, 1.54) is 24.3 Å². The molecular weight excluding hydrogens is 292 g/mol. The maximum atomic E-state index is 12.0. The molecule has 0 atom stereocenters. The molecule has 0 fully saturated rings. The molecule has 0 saturated carbocycles. The van der Waals surface area contributed by atoms with Crippen LogP contribution in [0.4, 0.5) is 0 Å². The van der Waals surface area contributed by atoms with E-state index in [-0.39, 0.29) is 16.8 Å². The molecule has 0 aliphatic heterocycles. The van der Waals surface area contributed by atoms with Gasteiger partial charge in [-0.2, -0.15) is 0 Å². The first kappa shape index (κ1) is 17.6. The van der Waals surface area contributed by atoms with Crippen LogP contribution in [0.5, 0.6) is 0 Å². The average molecular weight is 314 g/mol. The molecule has 2 N–H and O–H groups in total. The summed E-state index contributed by atoms with van der Waals surface area (Å²) in [5.41, 5.74) is 0.432. The summed E-state index contributed by atoms with van der Waals surface area (Å²) in [4.78, 5) is 11.9. The summed E-state index contributed by atoms with van der Waals surface area (Å²) >= 11 is 0. The average Bonchev–Trinajstić information content (AvgIpc) is 2.43. The van der Waals surface area contributed by atoms with Gasteiger partial charge < -0.3 is 10.1 Å². The van der Waals surface area contributed by atoms with Gasteiger partial charge in [0.2, 0.25) is 10.0 Å². The van der Waals surface area contributed by atoms with E-state index in [0.717, 1.165) is 0 Å². The second kappa shape index (κ2) is 8.11. The van der Waals surface area contributed by atoms with Crippen LogP contribution in [-0.4, -0.2) is 40.6 Å². The third-order valence-electron chi connectivity index (χ3n) is 2.66. The van der Waals surface area contributed by atoms with Crippen LogP contribution < -0.4 is 10.0 Å². The fourth-order valence-corrected chi connectivity index (χ4v) is 2.71. The van der Waals surface area contributed by atoms with Crippen molar-refractivity contribution in [2.45, 2.75) is 31.2 Å². The van der Waals surface area contributed by atoms with Crippen LogP contribution in [0.1, 0.15) is 30.6 Å². The highest BCUT2D eigenvalue weighted by atomic mass is 32.2. The normalized spacial score (nSPS) is 11.6. The summed E-state index contributed by atoms with van der Waals surface area (Å²) in [6, 6.07) is 5.88. The fraction of sp³-hybridized carbons (Fsp3) is 0.500. The maximum Gasteiger partial charge on any atom is 0.251 e. The molecule has 0 heterocycles. The van der Waals surface area contributed by atoms with E-state index in [1.54, 1.807) is 7.11 Å². The largest absolute Gasteiger partial charge is 0.385 e. The second-order valence-electron chi connectivity index (χ2n) is 4.90. The lowest BCUT2D eigenvalue weighted by molar-refractivity contribution is 0.0943. The molecule has 1 amide bonds. The van der Waals surface area contributed by atoms with Gasteiger partial charge in [0.1, 0.15) is 0 Å². The highest BCUT2D eigenvalue weighted by Crippen LogP contribution is 2.10. The molecule has 0 aliphatic carbocycles. The summed E-state index contributed by atoms with van der Waals surface area (Å²) in [6.07, 6.45) is 0.602. The molecule has 7 heteroatoms. The maximum absolute atomic E-state index is 12.0. The van der Waals surface area contributed by atoms with E-state index in [1.807, 2.05) is 13.8 Å². The van der Waals surface area contributed by atoms with Crippen LogP contribution >= 0.6 is 0 Å². The van der Waals surface area contributed by atoms with Gasteiger partial charge in [-0.3, -0.25) is 4.79 Å². The Hall–Kier alpha value is -1.44. The van der Waals surface area contributed by atoms with Crippen molar-refractivity contribution in [1.82, 2.24) is 10.0 Å². The molecule has 0 saturated heterocycles. The number of carbonyl (C=O) groups is 1. The Bertz CT molecular complexity index is 553. The number of carbonyl (C=O) groups excluding carboxylic acids is 1. The zero-order valence-electron chi connectivity index (χ0n) is 12.5. The molecule has 118 valence electrons. The van der Waals surface area contributed by atoms with Gasteiger partial charge in [0.15, 0.2) is 0 Å². The van der Waals surface area contributed by atoms with E-state index >= 15 is 0 Å². The standard InChI is InChI=1S/C14H22N2O4S/c1-11(2)16-14(17)12-5-7-13(8-6-12)21(18,19)15-9-4-10-20-3/h5-8,11,15H,4,9-10H2,1-3H3,(H,16,17). The summed E-state index contributed by atoms with van der Waals surface area (Å²) in [7, 11) is -1.98. The first-order valence-corrected chi connectivity index (χ1v) is 8.24. The Morgan fingerprint density at radius 2 is 1.86 bits per heavy atom. The first-order valence-electron chi connectivity index (χ1n) is 6.76. The smallest absolute Gasteiger partial charge is 0.251 e. The van der Waals surface area contributed by atoms with E-state index < -0.39 is 10.0 Å². The van der Waals surface area contributed by atoms with Gasteiger partial charge in [-0.15, -0.1) is 0 Å². The molecule has 6 nitrogen and oxygen atoms in total. The zero-order valence-corrected chi connectivity index (χ0v) is 13.4. The summed E-state index contributed by atoms with van der Waals surface area (Å²) in [6.45, 7) is 4.53. The van der Waals surface area contributed by atoms with Crippen LogP contribution in [0.2, 0.25) is 0 Å². The van der Waals surface area contributed by atoms with Crippen LogP contribution in [-0.2, 0) is 14.8 Å². The van der Waals surface area contributed by atoms with Crippen molar-refractivity contribution >= 4 is 15.9 Å². The van der Waals surface area contributed by atoms with Crippen molar-refractivity contribution in [3.8, 4) is 0 Å². The lowest BCUT2D eigenvalue weighted by Gasteiger charge is -2.09. The lowest BCUT2D eigenvalue weighted by atomic mass is 10.2. The Balaban J connectivity index is 2.70. The van der Waals surface area contributed by atoms with E-state index in [4.69, 9.17) is 4.74 Å². The third kappa shape index (κ3) is 5.82. The van der Waals surface area contributed by atoms with Gasteiger partial charge in [-0.25, -0.2) is 13.1 Å². The number of nitrogens with one attached hydrogen (secondary N) is 2. The molecule has 0 aromatic heterocycles. The predicted molar refractivity (Wildman–Crippen MR) is 80.7 cm³/mol. The van der Waals surface area contributed by atoms with Crippen molar-refractivity contribution in [2.75, 3.05) is 20.3 Å². The van der Waals surface area contributed by atoms with Gasteiger partial charge in [0.05, 0.1) is 4.90 Å². The van der Waals surface area contributed by atoms with E-state index in [2.05, 4.69) is 10.0 Å². The number of benzene rings is 1. The van der Waals surface area contributed by atoms with E-state index in [9.17, 15) is 13.2 Å². The van der Waals surface area contributed by atoms with Crippen molar-refractivity contribution < 1.29 is 17.9 Å². The van der Waals surface area contributed by atoms with Gasteiger partial charge in [-0.1, -0.05) is 0 Å². The van der Waals surface area contributed by atoms with Crippen molar-refractivity contribution in [1.29, 1.82) is 0 Å². The first-order chi connectivity index (χ1) is 9.86. The number of hydrogen-bond acceptors (Lipinski definition) is 4. The Morgan fingerprint density at radius 1 is 1.24 bits per heavy atom. The summed E-state index contributed by atoms with van der Waals surface area (Å²) in [5, 5.41) is 2.75. The highest BCUT2D eigenvalue weighted by molar-refractivity contribution is 7.89. The van der Waals surface area contributed by atoms with Gasteiger partial charge in [0.25, 0.3) is 5.91 Å². The van der Waals surface area contributed by atoms with Gasteiger partial charge in [0, 0.05) is 31.9 Å². The number of rotatable bonds is 8. The predicted octanol–water partition coefficient (Wildman–Crippen LogP) is 1.14. The molecule has 0 aliphatic rings. The van der Waals surface area contributed by atoms with Crippen LogP contribution in [0, 0.1) is 0 Å². The molecular formula is C14H22N2O4S. The summed E-state index contributed by atoms with van der Waals surface area (Å²) in [5.74, 6) is -0.220.